The maximum atomic E-state index is 12.0. The van der Waals surface area contributed by atoms with Gasteiger partial charge in [-0.15, -0.1) is 0 Å². The Morgan fingerprint density at radius 1 is 1.04 bits per heavy atom. The van der Waals surface area contributed by atoms with E-state index in [2.05, 4.69) is 10.6 Å². The van der Waals surface area contributed by atoms with Gasteiger partial charge >= 0.3 is 12.0 Å². The lowest BCUT2D eigenvalue weighted by atomic mass is 10.0. The molecule has 0 fully saturated rings. The van der Waals surface area contributed by atoms with Crippen LogP contribution in [0.2, 0.25) is 0 Å². The molecule has 8 nitrogen and oxygen atoms in total. The van der Waals surface area contributed by atoms with Gasteiger partial charge in [-0.05, 0) is 17.9 Å². The topological polar surface area (TPSA) is 128 Å². The Morgan fingerprint density at radius 2 is 1.62 bits per heavy atom. The summed E-state index contributed by atoms with van der Waals surface area (Å²) in [7, 11) is 0. The van der Waals surface area contributed by atoms with E-state index >= 15 is 0 Å². The van der Waals surface area contributed by atoms with Crippen LogP contribution >= 0.6 is 0 Å². The predicted octanol–water partition coefficient (Wildman–Crippen LogP) is 0.902. The normalized spacial score (nSPS) is 13.0. The standard InChI is InChI=1S/C16H23N3O5/c1-10(2)8-13(15(21)22)18-16(23)17-12(14(20)19-24)9-11-6-4-3-5-7-11/h3-7,10,12-13,24H,8-9H2,1-2H3,(H,19,20)(H,21,22)(H2,17,18,23). The van der Waals surface area contributed by atoms with Crippen LogP contribution in [0.5, 0.6) is 0 Å². The van der Waals surface area contributed by atoms with Crippen LogP contribution in [0.3, 0.4) is 0 Å². The first kappa shape index (κ1) is 19.4. The molecular formula is C16H23N3O5. The largest absolute Gasteiger partial charge is 0.480 e. The third-order valence-electron chi connectivity index (χ3n) is 3.33. The third kappa shape index (κ3) is 6.66. The van der Waals surface area contributed by atoms with Crippen LogP contribution in [0.4, 0.5) is 4.79 Å². The third-order valence-corrected chi connectivity index (χ3v) is 3.33. The fourth-order valence-electron chi connectivity index (χ4n) is 2.19. The molecule has 0 spiro atoms. The number of carbonyl (C=O) groups is 3. The first-order valence-corrected chi connectivity index (χ1v) is 7.61. The fraction of sp³-hybridized carbons (Fsp3) is 0.438. The highest BCUT2D eigenvalue weighted by atomic mass is 16.5. The summed E-state index contributed by atoms with van der Waals surface area (Å²) in [5.74, 6) is -1.86. The van der Waals surface area contributed by atoms with E-state index in [0.29, 0.717) is 0 Å². The van der Waals surface area contributed by atoms with Crippen molar-refractivity contribution in [2.75, 3.05) is 0 Å². The molecule has 0 saturated carbocycles. The number of carbonyl (C=O) groups excluding carboxylic acids is 2. The van der Waals surface area contributed by atoms with Gasteiger partial charge in [0.25, 0.3) is 5.91 Å². The number of carboxylic acids is 1. The molecule has 8 heteroatoms. The summed E-state index contributed by atoms with van der Waals surface area (Å²) in [5.41, 5.74) is 2.28. The maximum Gasteiger partial charge on any atom is 0.326 e. The van der Waals surface area contributed by atoms with Gasteiger partial charge in [0, 0.05) is 6.42 Å². The number of aliphatic carboxylic acids is 1. The molecule has 0 radical (unpaired) electrons. The summed E-state index contributed by atoms with van der Waals surface area (Å²) in [5, 5.41) is 22.7. The molecule has 1 rings (SSSR count). The molecule has 3 amide bonds. The van der Waals surface area contributed by atoms with Gasteiger partial charge in [0.1, 0.15) is 12.1 Å². The molecular weight excluding hydrogens is 314 g/mol. The highest BCUT2D eigenvalue weighted by Crippen LogP contribution is 2.06. The Kier molecular flexibility index (Phi) is 7.70. The van der Waals surface area contributed by atoms with Crippen LogP contribution in [0.25, 0.3) is 0 Å². The number of amides is 3. The van der Waals surface area contributed by atoms with Gasteiger partial charge in [-0.1, -0.05) is 44.2 Å². The van der Waals surface area contributed by atoms with Crippen molar-refractivity contribution in [3.8, 4) is 0 Å². The lowest BCUT2D eigenvalue weighted by Gasteiger charge is -2.20. The zero-order chi connectivity index (χ0) is 18.1. The van der Waals surface area contributed by atoms with Gasteiger partial charge < -0.3 is 15.7 Å². The highest BCUT2D eigenvalue weighted by Gasteiger charge is 2.25. The van der Waals surface area contributed by atoms with E-state index in [4.69, 9.17) is 10.3 Å². The predicted molar refractivity (Wildman–Crippen MR) is 86.4 cm³/mol. The number of hydroxylamine groups is 1. The summed E-state index contributed by atoms with van der Waals surface area (Å²) >= 11 is 0. The number of urea groups is 1. The first-order valence-electron chi connectivity index (χ1n) is 7.61. The molecule has 1 aromatic carbocycles. The van der Waals surface area contributed by atoms with Crippen LogP contribution in [-0.4, -0.2) is 40.3 Å². The van der Waals surface area contributed by atoms with Gasteiger partial charge in [0.2, 0.25) is 0 Å². The van der Waals surface area contributed by atoms with Gasteiger partial charge in [0.15, 0.2) is 0 Å². The van der Waals surface area contributed by atoms with E-state index in [-0.39, 0.29) is 18.8 Å². The minimum atomic E-state index is -1.15. The molecule has 0 heterocycles. The van der Waals surface area contributed by atoms with Crippen LogP contribution in [0.15, 0.2) is 30.3 Å². The monoisotopic (exact) mass is 337 g/mol. The molecule has 0 aliphatic heterocycles. The summed E-state index contributed by atoms with van der Waals surface area (Å²) in [6.07, 6.45) is 0.418. The maximum absolute atomic E-state index is 12.0. The van der Waals surface area contributed by atoms with Crippen molar-refractivity contribution in [1.82, 2.24) is 16.1 Å². The van der Waals surface area contributed by atoms with Crippen molar-refractivity contribution in [3.63, 3.8) is 0 Å². The smallest absolute Gasteiger partial charge is 0.326 e. The Morgan fingerprint density at radius 3 is 2.12 bits per heavy atom. The Labute approximate surface area is 140 Å². The van der Waals surface area contributed by atoms with Crippen molar-refractivity contribution >= 4 is 17.9 Å². The minimum Gasteiger partial charge on any atom is -0.480 e. The van der Waals surface area contributed by atoms with E-state index in [9.17, 15) is 14.4 Å². The molecule has 132 valence electrons. The second-order valence-electron chi connectivity index (χ2n) is 5.86. The number of benzene rings is 1. The van der Waals surface area contributed by atoms with Crippen LogP contribution in [-0.2, 0) is 16.0 Å². The molecule has 5 N–H and O–H groups in total. The van der Waals surface area contributed by atoms with Crippen LogP contribution in [0.1, 0.15) is 25.8 Å². The van der Waals surface area contributed by atoms with Gasteiger partial charge in [-0.25, -0.2) is 15.1 Å². The average molecular weight is 337 g/mol. The van der Waals surface area contributed by atoms with Gasteiger partial charge in [0.05, 0.1) is 0 Å². The molecule has 0 aromatic heterocycles. The number of nitrogens with one attached hydrogen (secondary N) is 3. The Balaban J connectivity index is 2.73. The van der Waals surface area contributed by atoms with Crippen LogP contribution < -0.4 is 16.1 Å². The number of hydrogen-bond acceptors (Lipinski definition) is 4. The highest BCUT2D eigenvalue weighted by molar-refractivity contribution is 5.88. The summed E-state index contributed by atoms with van der Waals surface area (Å²) in [6.45, 7) is 3.68. The van der Waals surface area contributed by atoms with E-state index in [1.165, 1.54) is 5.48 Å². The SMILES string of the molecule is CC(C)CC(NC(=O)NC(Cc1ccccc1)C(=O)NO)C(=O)O. The van der Waals surface area contributed by atoms with E-state index in [1.807, 2.05) is 19.9 Å². The number of carboxylic acid groups (broad SMARTS) is 1. The Bertz CT molecular complexity index is 562. The molecule has 2 atom stereocenters. The molecule has 0 aliphatic carbocycles. The zero-order valence-electron chi connectivity index (χ0n) is 13.7. The second-order valence-corrected chi connectivity index (χ2v) is 5.86. The molecule has 24 heavy (non-hydrogen) atoms. The average Bonchev–Trinajstić information content (AvgIpc) is 2.53. The van der Waals surface area contributed by atoms with E-state index in [1.54, 1.807) is 24.3 Å². The van der Waals surface area contributed by atoms with E-state index in [0.717, 1.165) is 5.56 Å². The molecule has 0 saturated heterocycles. The molecule has 2 unspecified atom stereocenters. The minimum absolute atomic E-state index is 0.0762. The molecule has 0 bridgehead atoms. The Hall–Kier alpha value is -2.61. The second kappa shape index (κ2) is 9.51. The molecule has 0 aliphatic rings. The summed E-state index contributed by atoms with van der Waals surface area (Å²) in [6, 6.07) is 6.05. The van der Waals surface area contributed by atoms with Gasteiger partial charge in [-0.2, -0.15) is 0 Å². The van der Waals surface area contributed by atoms with Gasteiger partial charge in [-0.3, -0.25) is 10.0 Å². The van der Waals surface area contributed by atoms with Crippen molar-refractivity contribution in [2.45, 2.75) is 38.8 Å². The fourth-order valence-corrected chi connectivity index (χ4v) is 2.19. The van der Waals surface area contributed by atoms with Crippen molar-refractivity contribution in [2.24, 2.45) is 5.92 Å². The summed E-state index contributed by atoms with van der Waals surface area (Å²) in [4.78, 5) is 34.9. The lowest BCUT2D eigenvalue weighted by Crippen LogP contribution is -2.54. The zero-order valence-corrected chi connectivity index (χ0v) is 13.7. The van der Waals surface area contributed by atoms with E-state index < -0.39 is 30.0 Å². The number of rotatable bonds is 8. The van der Waals surface area contributed by atoms with Crippen molar-refractivity contribution in [1.29, 1.82) is 0 Å². The quantitative estimate of drug-likeness (QED) is 0.356. The van der Waals surface area contributed by atoms with Crippen molar-refractivity contribution < 1.29 is 24.7 Å². The molecule has 1 aromatic rings. The summed E-state index contributed by atoms with van der Waals surface area (Å²) < 4.78 is 0. The van der Waals surface area contributed by atoms with Crippen molar-refractivity contribution in [3.05, 3.63) is 35.9 Å². The number of hydrogen-bond donors (Lipinski definition) is 5. The van der Waals surface area contributed by atoms with Crippen LogP contribution in [0, 0.1) is 5.92 Å². The first-order chi connectivity index (χ1) is 11.3. The lowest BCUT2D eigenvalue weighted by molar-refractivity contribution is -0.139.